The fraction of sp³-hybridized carbons (Fsp3) is 0.947. The minimum absolute atomic E-state index is 0.108. The second-order valence-electron chi connectivity index (χ2n) is 8.12. The molecule has 3 rings (SSSR count). The van der Waals surface area contributed by atoms with E-state index in [1.165, 1.54) is 25.7 Å². The quantitative estimate of drug-likeness (QED) is 0.801. The van der Waals surface area contributed by atoms with Crippen LogP contribution in [0, 0.1) is 5.41 Å². The Labute approximate surface area is 146 Å². The molecule has 1 spiro atoms. The van der Waals surface area contributed by atoms with Gasteiger partial charge in [-0.1, -0.05) is 13.3 Å². The molecule has 1 unspecified atom stereocenters. The Bertz CT molecular complexity index is 411. The number of carbonyl (C=O) groups is 1. The predicted molar refractivity (Wildman–Crippen MR) is 93.9 cm³/mol. The molecular weight excluding hydrogens is 304 g/mol. The smallest absolute Gasteiger partial charge is 0.409 e. The van der Waals surface area contributed by atoms with Crippen LogP contribution in [0.25, 0.3) is 0 Å². The molecule has 3 fully saturated rings. The van der Waals surface area contributed by atoms with Crippen LogP contribution in [0.15, 0.2) is 0 Å². The number of aliphatic hydroxyl groups excluding tert-OH is 1. The highest BCUT2D eigenvalue weighted by Gasteiger charge is 2.41. The molecule has 1 N–H and O–H groups in total. The molecule has 0 aromatic carbocycles. The zero-order valence-electron chi connectivity index (χ0n) is 15.2. The van der Waals surface area contributed by atoms with Gasteiger partial charge in [0.05, 0.1) is 12.7 Å². The number of aliphatic hydroxyl groups is 1. The highest BCUT2D eigenvalue weighted by Crippen LogP contribution is 2.46. The molecule has 1 atom stereocenters. The highest BCUT2D eigenvalue weighted by atomic mass is 16.6. The number of amides is 1. The standard InChI is InChI=1S/C19H34N2O3/c1-2-3-14-24-18(23)20-12-9-19(10-13-20)7-4-16(5-8-19)21-11-6-17(22)15-21/h16-17,22H,2-15H2,1H3. The van der Waals surface area contributed by atoms with Gasteiger partial charge in [-0.2, -0.15) is 0 Å². The van der Waals surface area contributed by atoms with Crippen molar-refractivity contribution in [2.24, 2.45) is 5.41 Å². The number of β-amino-alcohol motifs (C(OH)–C–C–N with tert-alkyl or cyclic N) is 1. The molecule has 2 saturated heterocycles. The molecule has 5 nitrogen and oxygen atoms in total. The van der Waals surface area contributed by atoms with Crippen molar-refractivity contribution in [2.75, 3.05) is 32.8 Å². The highest BCUT2D eigenvalue weighted by molar-refractivity contribution is 5.67. The zero-order valence-corrected chi connectivity index (χ0v) is 15.2. The Morgan fingerprint density at radius 1 is 1.12 bits per heavy atom. The van der Waals surface area contributed by atoms with Crippen LogP contribution in [-0.4, -0.2) is 65.9 Å². The summed E-state index contributed by atoms with van der Waals surface area (Å²) >= 11 is 0. The number of carbonyl (C=O) groups excluding carboxylic acids is 1. The topological polar surface area (TPSA) is 53.0 Å². The van der Waals surface area contributed by atoms with Gasteiger partial charge in [-0.25, -0.2) is 4.79 Å². The van der Waals surface area contributed by atoms with E-state index >= 15 is 0 Å². The first-order chi connectivity index (χ1) is 11.6. The SMILES string of the molecule is CCCCOC(=O)N1CCC2(CCC(N3CCC(O)C3)CC2)CC1. The molecule has 0 bridgehead atoms. The number of rotatable bonds is 4. The van der Waals surface area contributed by atoms with Crippen molar-refractivity contribution >= 4 is 6.09 Å². The summed E-state index contributed by atoms with van der Waals surface area (Å²) in [6.45, 7) is 6.32. The van der Waals surface area contributed by atoms with E-state index in [9.17, 15) is 9.90 Å². The molecule has 0 radical (unpaired) electrons. The van der Waals surface area contributed by atoms with Crippen LogP contribution >= 0.6 is 0 Å². The predicted octanol–water partition coefficient (Wildman–Crippen LogP) is 3.01. The summed E-state index contributed by atoms with van der Waals surface area (Å²) < 4.78 is 5.35. The maximum absolute atomic E-state index is 12.1. The number of nitrogens with zero attached hydrogens (tertiary/aromatic N) is 2. The lowest BCUT2D eigenvalue weighted by molar-refractivity contribution is 0.0281. The van der Waals surface area contributed by atoms with Crippen LogP contribution in [0.2, 0.25) is 0 Å². The minimum atomic E-state index is -0.113. The van der Waals surface area contributed by atoms with Gasteiger partial charge in [-0.3, -0.25) is 4.90 Å². The fourth-order valence-electron chi connectivity index (χ4n) is 4.74. The third-order valence-corrected chi connectivity index (χ3v) is 6.53. The summed E-state index contributed by atoms with van der Waals surface area (Å²) in [6, 6.07) is 0.671. The maximum Gasteiger partial charge on any atom is 0.409 e. The van der Waals surface area contributed by atoms with E-state index in [-0.39, 0.29) is 12.2 Å². The number of piperidine rings is 1. The third kappa shape index (κ3) is 4.23. The molecule has 1 aliphatic carbocycles. The molecule has 3 aliphatic rings. The molecule has 0 aromatic rings. The molecular formula is C19H34N2O3. The van der Waals surface area contributed by atoms with Crippen LogP contribution in [-0.2, 0) is 4.74 Å². The van der Waals surface area contributed by atoms with E-state index in [1.54, 1.807) is 0 Å². The van der Waals surface area contributed by atoms with Crippen molar-refractivity contribution in [3.63, 3.8) is 0 Å². The Morgan fingerprint density at radius 2 is 1.83 bits per heavy atom. The first-order valence-corrected chi connectivity index (χ1v) is 9.96. The summed E-state index contributed by atoms with van der Waals surface area (Å²) in [5.41, 5.74) is 0.453. The zero-order chi connectivity index (χ0) is 17.0. The van der Waals surface area contributed by atoms with Crippen LogP contribution in [0.3, 0.4) is 0 Å². The normalized spacial score (nSPS) is 28.4. The molecule has 1 saturated carbocycles. The average Bonchev–Trinajstić information content (AvgIpc) is 3.03. The molecule has 24 heavy (non-hydrogen) atoms. The van der Waals surface area contributed by atoms with Gasteiger partial charge in [0.15, 0.2) is 0 Å². The lowest BCUT2D eigenvalue weighted by atomic mass is 9.67. The number of hydrogen-bond donors (Lipinski definition) is 1. The van der Waals surface area contributed by atoms with E-state index in [0.717, 1.165) is 58.3 Å². The number of unbranched alkanes of at least 4 members (excludes halogenated alkanes) is 1. The molecule has 2 aliphatic heterocycles. The van der Waals surface area contributed by atoms with Gasteiger partial charge < -0.3 is 14.7 Å². The monoisotopic (exact) mass is 338 g/mol. The summed E-state index contributed by atoms with van der Waals surface area (Å²) in [5.74, 6) is 0. The lowest BCUT2D eigenvalue weighted by Gasteiger charge is -2.47. The van der Waals surface area contributed by atoms with Crippen LogP contribution in [0.4, 0.5) is 4.79 Å². The van der Waals surface area contributed by atoms with Gasteiger partial charge in [-0.05, 0) is 56.8 Å². The molecule has 2 heterocycles. The van der Waals surface area contributed by atoms with Crippen molar-refractivity contribution < 1.29 is 14.6 Å². The van der Waals surface area contributed by atoms with Crippen LogP contribution < -0.4 is 0 Å². The number of ether oxygens (including phenoxy) is 1. The van der Waals surface area contributed by atoms with Crippen LogP contribution in [0.5, 0.6) is 0 Å². The second-order valence-corrected chi connectivity index (χ2v) is 8.12. The Hall–Kier alpha value is -0.810. The van der Waals surface area contributed by atoms with Crippen molar-refractivity contribution in [1.82, 2.24) is 9.80 Å². The van der Waals surface area contributed by atoms with E-state index in [2.05, 4.69) is 11.8 Å². The van der Waals surface area contributed by atoms with Crippen molar-refractivity contribution in [3.8, 4) is 0 Å². The second kappa shape index (κ2) is 8.05. The van der Waals surface area contributed by atoms with Gasteiger partial charge in [-0.15, -0.1) is 0 Å². The molecule has 1 amide bonds. The van der Waals surface area contributed by atoms with E-state index in [1.807, 2.05) is 4.90 Å². The minimum Gasteiger partial charge on any atom is -0.449 e. The van der Waals surface area contributed by atoms with E-state index in [0.29, 0.717) is 18.1 Å². The third-order valence-electron chi connectivity index (χ3n) is 6.53. The first kappa shape index (κ1) is 18.0. The molecule has 0 aromatic heterocycles. The van der Waals surface area contributed by atoms with Gasteiger partial charge in [0.25, 0.3) is 0 Å². The van der Waals surface area contributed by atoms with Gasteiger partial charge >= 0.3 is 6.09 Å². The van der Waals surface area contributed by atoms with E-state index in [4.69, 9.17) is 4.74 Å². The first-order valence-electron chi connectivity index (χ1n) is 9.96. The van der Waals surface area contributed by atoms with Gasteiger partial charge in [0.1, 0.15) is 0 Å². The van der Waals surface area contributed by atoms with Crippen molar-refractivity contribution in [2.45, 2.75) is 76.9 Å². The Kier molecular flexibility index (Phi) is 6.03. The fourth-order valence-corrected chi connectivity index (χ4v) is 4.74. The summed E-state index contributed by atoms with van der Waals surface area (Å²) in [4.78, 5) is 16.5. The van der Waals surface area contributed by atoms with Gasteiger partial charge in [0.2, 0.25) is 0 Å². The molecule has 5 heteroatoms. The van der Waals surface area contributed by atoms with Crippen molar-refractivity contribution in [1.29, 1.82) is 0 Å². The number of likely N-dealkylation sites (tertiary alicyclic amines) is 2. The maximum atomic E-state index is 12.1. The Morgan fingerprint density at radius 3 is 2.42 bits per heavy atom. The molecule has 138 valence electrons. The summed E-state index contributed by atoms with van der Waals surface area (Å²) in [7, 11) is 0. The van der Waals surface area contributed by atoms with Crippen molar-refractivity contribution in [3.05, 3.63) is 0 Å². The Balaban J connectivity index is 1.41. The van der Waals surface area contributed by atoms with Gasteiger partial charge in [0, 0.05) is 32.2 Å². The van der Waals surface area contributed by atoms with Crippen LogP contribution in [0.1, 0.15) is 64.7 Å². The summed E-state index contributed by atoms with van der Waals surface area (Å²) in [5, 5.41) is 9.74. The van der Waals surface area contributed by atoms with E-state index < -0.39 is 0 Å². The largest absolute Gasteiger partial charge is 0.449 e. The lowest BCUT2D eigenvalue weighted by Crippen LogP contribution is -2.47. The number of hydrogen-bond acceptors (Lipinski definition) is 4. The summed E-state index contributed by atoms with van der Waals surface area (Å²) in [6.07, 6.45) is 10.1. The average molecular weight is 338 g/mol.